The zero-order valence-corrected chi connectivity index (χ0v) is 14.1. The minimum atomic E-state index is -0.0624. The number of anilines is 1. The second kappa shape index (κ2) is 6.07. The first-order chi connectivity index (χ1) is 10.5. The van der Waals surface area contributed by atoms with Crippen LogP contribution in [0.5, 0.6) is 0 Å². The molecule has 9 heteroatoms. The van der Waals surface area contributed by atoms with E-state index in [0.717, 1.165) is 42.0 Å². The first-order valence-corrected chi connectivity index (χ1v) is 7.97. The fourth-order valence-electron chi connectivity index (χ4n) is 2.63. The van der Waals surface area contributed by atoms with E-state index in [1.165, 1.54) is 0 Å². The molecular weight excluding hydrogens is 350 g/mol. The largest absolute Gasteiger partial charge is 0.354 e. The Labute approximate surface area is 136 Å². The molecule has 22 heavy (non-hydrogen) atoms. The van der Waals surface area contributed by atoms with Gasteiger partial charge in [0.15, 0.2) is 0 Å². The van der Waals surface area contributed by atoms with Crippen LogP contribution in [0.1, 0.15) is 29.0 Å². The second-order valence-corrected chi connectivity index (χ2v) is 6.35. The zero-order valence-electron chi connectivity index (χ0n) is 12.5. The lowest BCUT2D eigenvalue weighted by Gasteiger charge is -2.32. The molecule has 0 radical (unpaired) electrons. The highest BCUT2D eigenvalue weighted by Crippen LogP contribution is 2.19. The lowest BCUT2D eigenvalue weighted by atomic mass is 10.1. The van der Waals surface area contributed by atoms with Crippen LogP contribution in [0, 0.1) is 6.92 Å². The van der Waals surface area contributed by atoms with Crippen LogP contribution >= 0.6 is 15.9 Å². The van der Waals surface area contributed by atoms with E-state index in [2.05, 4.69) is 46.7 Å². The average molecular weight is 368 g/mol. The average Bonchev–Trinajstić information content (AvgIpc) is 3.07. The number of halogens is 1. The summed E-state index contributed by atoms with van der Waals surface area (Å²) in [6.07, 6.45) is 1.75. The van der Waals surface area contributed by atoms with Gasteiger partial charge in [0.05, 0.1) is 0 Å². The Kier molecular flexibility index (Phi) is 4.14. The number of nitrogens with zero attached hydrogens (tertiary/aromatic N) is 5. The Bertz CT molecular complexity index is 652. The molecular formula is C13H18BrN7O. The maximum absolute atomic E-state index is 12.2. The molecule has 1 saturated heterocycles. The van der Waals surface area contributed by atoms with Gasteiger partial charge >= 0.3 is 0 Å². The zero-order chi connectivity index (χ0) is 15.7. The number of amides is 1. The number of tetrazole rings is 1. The summed E-state index contributed by atoms with van der Waals surface area (Å²) in [6, 6.07) is 1.98. The van der Waals surface area contributed by atoms with E-state index in [1.54, 1.807) is 4.68 Å². The summed E-state index contributed by atoms with van der Waals surface area (Å²) in [5.41, 5.74) is 1.54. The fourth-order valence-corrected chi connectivity index (χ4v) is 2.96. The third-order valence-electron chi connectivity index (χ3n) is 3.91. The Hall–Kier alpha value is -1.90. The number of carbonyl (C=O) groups excluding carboxylic acids is 1. The van der Waals surface area contributed by atoms with E-state index in [9.17, 15) is 4.79 Å². The smallest absolute Gasteiger partial charge is 0.267 e. The molecule has 0 atom stereocenters. The molecule has 8 nitrogen and oxygen atoms in total. The maximum Gasteiger partial charge on any atom is 0.267 e. The van der Waals surface area contributed by atoms with Crippen LogP contribution < -0.4 is 10.2 Å². The van der Waals surface area contributed by atoms with Crippen molar-refractivity contribution in [1.29, 1.82) is 0 Å². The fraction of sp³-hybridized carbons (Fsp3) is 0.538. The molecule has 2 N–H and O–H groups in total. The number of H-pyrrole nitrogens is 1. The van der Waals surface area contributed by atoms with Crippen LogP contribution in [0.15, 0.2) is 10.5 Å². The van der Waals surface area contributed by atoms with Crippen molar-refractivity contribution in [3.8, 4) is 0 Å². The number of aromatic amines is 1. The van der Waals surface area contributed by atoms with Gasteiger partial charge in [0.25, 0.3) is 5.91 Å². The first-order valence-electron chi connectivity index (χ1n) is 7.18. The van der Waals surface area contributed by atoms with Gasteiger partial charge in [0.2, 0.25) is 5.95 Å². The Balaban J connectivity index is 1.56. The first kappa shape index (κ1) is 15.0. The summed E-state index contributed by atoms with van der Waals surface area (Å²) in [7, 11) is 1.83. The Morgan fingerprint density at radius 1 is 1.45 bits per heavy atom. The van der Waals surface area contributed by atoms with Gasteiger partial charge in [-0.25, -0.2) is 4.68 Å². The van der Waals surface area contributed by atoms with Crippen molar-refractivity contribution in [3.63, 3.8) is 0 Å². The summed E-state index contributed by atoms with van der Waals surface area (Å²) < 4.78 is 2.58. The quantitative estimate of drug-likeness (QED) is 0.844. The highest BCUT2D eigenvalue weighted by molar-refractivity contribution is 9.10. The van der Waals surface area contributed by atoms with E-state index in [1.807, 2.05) is 20.0 Å². The minimum Gasteiger partial charge on any atom is -0.354 e. The van der Waals surface area contributed by atoms with E-state index in [0.29, 0.717) is 5.69 Å². The van der Waals surface area contributed by atoms with E-state index >= 15 is 0 Å². The summed E-state index contributed by atoms with van der Waals surface area (Å²) in [6.45, 7) is 3.58. The van der Waals surface area contributed by atoms with Crippen LogP contribution in [-0.4, -0.2) is 50.2 Å². The molecule has 0 bridgehead atoms. The summed E-state index contributed by atoms with van der Waals surface area (Å²) >= 11 is 3.41. The number of carbonyl (C=O) groups is 1. The van der Waals surface area contributed by atoms with Gasteiger partial charge < -0.3 is 15.2 Å². The third-order valence-corrected chi connectivity index (χ3v) is 4.73. The van der Waals surface area contributed by atoms with Crippen LogP contribution in [-0.2, 0) is 7.05 Å². The van der Waals surface area contributed by atoms with Crippen LogP contribution in [0.3, 0.4) is 0 Å². The predicted molar refractivity (Wildman–Crippen MR) is 84.7 cm³/mol. The summed E-state index contributed by atoms with van der Waals surface area (Å²) in [4.78, 5) is 17.4. The van der Waals surface area contributed by atoms with Crippen molar-refractivity contribution in [2.75, 3.05) is 18.0 Å². The molecule has 0 spiro atoms. The molecule has 2 aromatic rings. The Morgan fingerprint density at radius 2 is 2.18 bits per heavy atom. The van der Waals surface area contributed by atoms with Crippen molar-refractivity contribution in [1.82, 2.24) is 30.5 Å². The van der Waals surface area contributed by atoms with E-state index < -0.39 is 0 Å². The molecule has 1 aliphatic heterocycles. The van der Waals surface area contributed by atoms with Gasteiger partial charge in [-0.1, -0.05) is 5.10 Å². The van der Waals surface area contributed by atoms with Gasteiger partial charge in [-0.2, -0.15) is 0 Å². The van der Waals surface area contributed by atoms with Gasteiger partial charge in [-0.3, -0.25) is 4.79 Å². The van der Waals surface area contributed by atoms with Gasteiger partial charge in [-0.05, 0) is 52.2 Å². The van der Waals surface area contributed by atoms with Crippen molar-refractivity contribution >= 4 is 27.8 Å². The lowest BCUT2D eigenvalue weighted by molar-refractivity contribution is 0.0926. The minimum absolute atomic E-state index is 0.0624. The molecule has 1 amide bonds. The van der Waals surface area contributed by atoms with E-state index in [4.69, 9.17) is 0 Å². The molecule has 0 aromatic carbocycles. The predicted octanol–water partition coefficient (Wildman–Crippen LogP) is 1.01. The molecule has 3 heterocycles. The van der Waals surface area contributed by atoms with Crippen LogP contribution in [0.2, 0.25) is 0 Å². The second-order valence-electron chi connectivity index (χ2n) is 5.49. The van der Waals surface area contributed by atoms with Gasteiger partial charge in [-0.15, -0.1) is 0 Å². The number of aryl methyl sites for hydroxylation is 2. The lowest BCUT2D eigenvalue weighted by Crippen LogP contribution is -2.45. The molecule has 0 aliphatic carbocycles. The summed E-state index contributed by atoms with van der Waals surface area (Å²) in [5.74, 6) is 0.710. The molecule has 118 valence electrons. The van der Waals surface area contributed by atoms with Crippen molar-refractivity contribution in [2.45, 2.75) is 25.8 Å². The van der Waals surface area contributed by atoms with Gasteiger partial charge in [0.1, 0.15) is 5.69 Å². The molecule has 0 unspecified atom stereocenters. The van der Waals surface area contributed by atoms with Crippen molar-refractivity contribution < 1.29 is 4.79 Å². The number of hydrogen-bond donors (Lipinski definition) is 2. The number of piperidine rings is 1. The standard InChI is InChI=1S/C13H18BrN7O/c1-8-10(14)7-11(15-8)12(22)16-9-3-5-21(6-4-9)13-17-18-19-20(13)2/h7,9,15H,3-6H2,1-2H3,(H,16,22). The Morgan fingerprint density at radius 3 is 2.73 bits per heavy atom. The summed E-state index contributed by atoms with van der Waals surface area (Å²) in [5, 5.41) is 14.6. The number of aromatic nitrogens is 5. The maximum atomic E-state index is 12.2. The number of nitrogens with one attached hydrogen (secondary N) is 2. The molecule has 2 aromatic heterocycles. The third kappa shape index (κ3) is 2.99. The SMILES string of the molecule is Cc1[nH]c(C(=O)NC2CCN(c3nnnn3C)CC2)cc1Br. The molecule has 0 saturated carbocycles. The number of hydrogen-bond acceptors (Lipinski definition) is 5. The topological polar surface area (TPSA) is 91.7 Å². The van der Waals surface area contributed by atoms with Crippen molar-refractivity contribution in [2.24, 2.45) is 7.05 Å². The highest BCUT2D eigenvalue weighted by atomic mass is 79.9. The van der Waals surface area contributed by atoms with E-state index in [-0.39, 0.29) is 11.9 Å². The number of rotatable bonds is 3. The normalized spacial score (nSPS) is 16.0. The highest BCUT2D eigenvalue weighted by Gasteiger charge is 2.24. The molecule has 1 aliphatic rings. The molecule has 1 fully saturated rings. The molecule has 3 rings (SSSR count). The monoisotopic (exact) mass is 367 g/mol. The van der Waals surface area contributed by atoms with Gasteiger partial charge in [0, 0.05) is 36.3 Å². The van der Waals surface area contributed by atoms with Crippen LogP contribution in [0.4, 0.5) is 5.95 Å². The van der Waals surface area contributed by atoms with Crippen LogP contribution in [0.25, 0.3) is 0 Å². The van der Waals surface area contributed by atoms with Crippen molar-refractivity contribution in [3.05, 3.63) is 21.9 Å².